The van der Waals surface area contributed by atoms with Crippen LogP contribution in [0.1, 0.15) is 62.5 Å². The van der Waals surface area contributed by atoms with E-state index in [0.717, 1.165) is 31.6 Å². The second kappa shape index (κ2) is 9.50. The number of nitrogens with zero attached hydrogens (tertiary/aromatic N) is 1. The first kappa shape index (κ1) is 22.6. The van der Waals surface area contributed by atoms with Crippen LogP contribution in [0.25, 0.3) is 5.57 Å². The van der Waals surface area contributed by atoms with Gasteiger partial charge in [-0.15, -0.1) is 0 Å². The van der Waals surface area contributed by atoms with Crippen LogP contribution in [0.5, 0.6) is 5.75 Å². The Bertz CT molecular complexity index is 1000. The maximum absolute atomic E-state index is 11.0. The van der Waals surface area contributed by atoms with Gasteiger partial charge in [-0.05, 0) is 79.0 Å². The molecule has 1 saturated heterocycles. The van der Waals surface area contributed by atoms with Crippen LogP contribution in [-0.4, -0.2) is 35.6 Å². The highest BCUT2D eigenvalue weighted by molar-refractivity contribution is 5.73. The molecule has 4 rings (SSSR count). The Morgan fingerprint density at radius 2 is 1.81 bits per heavy atom. The predicted octanol–water partition coefficient (Wildman–Crippen LogP) is 5.76. The molecule has 170 valence electrons. The number of hydrogen-bond acceptors (Lipinski definition) is 3. The summed E-state index contributed by atoms with van der Waals surface area (Å²) < 4.78 is 6.29. The molecular formula is C28H35NO3. The van der Waals surface area contributed by atoms with E-state index in [2.05, 4.69) is 75.1 Å². The third kappa shape index (κ3) is 5.07. The lowest BCUT2D eigenvalue weighted by Crippen LogP contribution is -2.50. The van der Waals surface area contributed by atoms with Crippen LogP contribution >= 0.6 is 0 Å². The number of hydrogen-bond donors (Lipinski definition) is 1. The molecular weight excluding hydrogens is 398 g/mol. The Morgan fingerprint density at radius 1 is 1.09 bits per heavy atom. The normalized spacial score (nSPS) is 17.8. The largest absolute Gasteiger partial charge is 0.486 e. The first-order valence-corrected chi connectivity index (χ1v) is 11.8. The monoisotopic (exact) mass is 433 g/mol. The molecule has 0 bridgehead atoms. The zero-order valence-electron chi connectivity index (χ0n) is 19.7. The Hall–Kier alpha value is -2.59. The van der Waals surface area contributed by atoms with E-state index in [1.54, 1.807) is 0 Å². The van der Waals surface area contributed by atoms with Gasteiger partial charge in [0, 0.05) is 19.6 Å². The molecule has 0 saturated carbocycles. The van der Waals surface area contributed by atoms with Gasteiger partial charge in [0.2, 0.25) is 0 Å². The van der Waals surface area contributed by atoms with E-state index in [9.17, 15) is 4.79 Å². The van der Waals surface area contributed by atoms with E-state index in [1.165, 1.54) is 33.4 Å². The summed E-state index contributed by atoms with van der Waals surface area (Å²) in [6.45, 7) is 11.0. The minimum absolute atomic E-state index is 0.00513. The molecule has 2 aromatic rings. The zero-order valence-corrected chi connectivity index (χ0v) is 19.7. The fraction of sp³-hybridized carbons (Fsp3) is 0.464. The molecule has 0 amide bonds. The van der Waals surface area contributed by atoms with E-state index in [-0.39, 0.29) is 12.0 Å². The molecule has 1 aliphatic heterocycles. The second-order valence-electron chi connectivity index (χ2n) is 9.88. The fourth-order valence-corrected chi connectivity index (χ4v) is 4.87. The molecule has 4 nitrogen and oxygen atoms in total. The van der Waals surface area contributed by atoms with Crippen LogP contribution < -0.4 is 4.74 Å². The summed E-state index contributed by atoms with van der Waals surface area (Å²) in [6, 6.07) is 15.3. The van der Waals surface area contributed by atoms with Gasteiger partial charge in [0.25, 0.3) is 0 Å². The summed E-state index contributed by atoms with van der Waals surface area (Å²) in [6.07, 6.45) is 3.15. The van der Waals surface area contributed by atoms with Crippen LogP contribution in [0.3, 0.4) is 0 Å². The van der Waals surface area contributed by atoms with E-state index in [0.29, 0.717) is 19.0 Å². The minimum Gasteiger partial charge on any atom is -0.486 e. The molecule has 1 aliphatic carbocycles. The predicted molar refractivity (Wildman–Crippen MR) is 129 cm³/mol. The lowest BCUT2D eigenvalue weighted by molar-refractivity contribution is -0.147. The average molecular weight is 434 g/mol. The van der Waals surface area contributed by atoms with Crippen molar-refractivity contribution in [2.75, 3.05) is 19.6 Å². The van der Waals surface area contributed by atoms with Crippen LogP contribution in [-0.2, 0) is 17.6 Å². The Labute approximate surface area is 191 Å². The summed E-state index contributed by atoms with van der Waals surface area (Å²) >= 11 is 0. The van der Waals surface area contributed by atoms with Crippen molar-refractivity contribution in [3.05, 3.63) is 70.3 Å². The number of carboxylic acid groups (broad SMARTS) is 1. The van der Waals surface area contributed by atoms with Crippen molar-refractivity contribution in [2.24, 2.45) is 11.8 Å². The molecule has 32 heavy (non-hydrogen) atoms. The number of likely N-dealkylation sites (tertiary alicyclic amines) is 1. The van der Waals surface area contributed by atoms with Crippen molar-refractivity contribution < 1.29 is 14.6 Å². The van der Waals surface area contributed by atoms with Crippen molar-refractivity contribution in [3.63, 3.8) is 0 Å². The highest BCUT2D eigenvalue weighted by Gasteiger charge is 2.33. The standard InChI is InChI=1S/C28H35NO3/c1-18(2)13-21-5-7-22(8-6-21)20(4)32-26-11-12-27-19(3)24(10-9-23(27)14-26)15-29-16-25(17-29)28(30)31/h5-8,11-12,14,18,20,25H,9-10,13,15-17H2,1-4H3,(H,30,31). The average Bonchev–Trinajstić information content (AvgIpc) is 2.71. The number of benzene rings is 2. The Kier molecular flexibility index (Phi) is 6.71. The van der Waals surface area contributed by atoms with E-state index >= 15 is 0 Å². The summed E-state index contributed by atoms with van der Waals surface area (Å²) in [5.41, 5.74) is 7.99. The highest BCUT2D eigenvalue weighted by atomic mass is 16.5. The number of carbonyl (C=O) groups is 1. The van der Waals surface area contributed by atoms with Crippen LogP contribution in [0.4, 0.5) is 0 Å². The Balaban J connectivity index is 1.40. The topological polar surface area (TPSA) is 49.8 Å². The fourth-order valence-electron chi connectivity index (χ4n) is 4.87. The van der Waals surface area contributed by atoms with Crippen molar-refractivity contribution in [2.45, 2.75) is 53.1 Å². The third-order valence-electron chi connectivity index (χ3n) is 6.83. The first-order valence-electron chi connectivity index (χ1n) is 11.8. The van der Waals surface area contributed by atoms with Crippen LogP contribution in [0.15, 0.2) is 48.0 Å². The quantitative estimate of drug-likeness (QED) is 0.575. The molecule has 1 fully saturated rings. The third-order valence-corrected chi connectivity index (χ3v) is 6.83. The summed E-state index contributed by atoms with van der Waals surface area (Å²) in [5.74, 6) is 0.718. The van der Waals surface area contributed by atoms with Gasteiger partial charge in [-0.3, -0.25) is 9.69 Å². The number of aryl methyl sites for hydroxylation is 1. The molecule has 0 aromatic heterocycles. The molecule has 2 aromatic carbocycles. The molecule has 1 unspecified atom stereocenters. The van der Waals surface area contributed by atoms with Crippen LogP contribution in [0, 0.1) is 11.8 Å². The van der Waals surface area contributed by atoms with Gasteiger partial charge in [0.15, 0.2) is 0 Å². The zero-order chi connectivity index (χ0) is 22.8. The van der Waals surface area contributed by atoms with E-state index in [1.807, 2.05) is 0 Å². The number of allylic oxidation sites excluding steroid dienone is 1. The minimum atomic E-state index is -0.672. The first-order chi connectivity index (χ1) is 15.3. The van der Waals surface area contributed by atoms with Crippen LogP contribution in [0.2, 0.25) is 0 Å². The molecule has 1 atom stereocenters. The summed E-state index contributed by atoms with van der Waals surface area (Å²) in [4.78, 5) is 13.3. The molecule has 1 N–H and O–H groups in total. The van der Waals surface area contributed by atoms with Gasteiger partial charge < -0.3 is 9.84 Å². The SMILES string of the molecule is CC1=C(CN2CC(C(=O)O)C2)CCc2cc(OC(C)c3ccc(CC(C)C)cc3)ccc21. The highest BCUT2D eigenvalue weighted by Crippen LogP contribution is 2.35. The number of ether oxygens (including phenoxy) is 1. The second-order valence-corrected chi connectivity index (χ2v) is 9.88. The van der Waals surface area contributed by atoms with Gasteiger partial charge in [-0.1, -0.05) is 49.8 Å². The molecule has 4 heteroatoms. The van der Waals surface area contributed by atoms with Gasteiger partial charge in [0.05, 0.1) is 5.92 Å². The maximum atomic E-state index is 11.0. The lowest BCUT2D eigenvalue weighted by Gasteiger charge is -2.38. The van der Waals surface area contributed by atoms with E-state index < -0.39 is 5.97 Å². The number of rotatable bonds is 8. The molecule has 1 heterocycles. The maximum Gasteiger partial charge on any atom is 0.309 e. The van der Waals surface area contributed by atoms with Gasteiger partial charge in [0.1, 0.15) is 11.9 Å². The molecule has 0 radical (unpaired) electrons. The van der Waals surface area contributed by atoms with Crippen molar-refractivity contribution in [1.82, 2.24) is 4.90 Å². The van der Waals surface area contributed by atoms with Crippen molar-refractivity contribution in [3.8, 4) is 5.75 Å². The summed E-state index contributed by atoms with van der Waals surface area (Å²) in [5, 5.41) is 9.09. The van der Waals surface area contributed by atoms with Crippen molar-refractivity contribution in [1.29, 1.82) is 0 Å². The summed E-state index contributed by atoms with van der Waals surface area (Å²) in [7, 11) is 0. The molecule has 2 aliphatic rings. The number of aliphatic carboxylic acids is 1. The van der Waals surface area contributed by atoms with Gasteiger partial charge >= 0.3 is 5.97 Å². The number of carboxylic acids is 1. The van der Waals surface area contributed by atoms with E-state index in [4.69, 9.17) is 9.84 Å². The lowest BCUT2D eigenvalue weighted by atomic mass is 9.85. The number of fused-ring (bicyclic) bond motifs is 1. The Morgan fingerprint density at radius 3 is 2.47 bits per heavy atom. The molecule has 0 spiro atoms. The van der Waals surface area contributed by atoms with Gasteiger partial charge in [-0.25, -0.2) is 0 Å². The van der Waals surface area contributed by atoms with Gasteiger partial charge in [-0.2, -0.15) is 0 Å². The smallest absolute Gasteiger partial charge is 0.309 e. The van der Waals surface area contributed by atoms with Crippen molar-refractivity contribution >= 4 is 11.5 Å².